The molecule has 1 aliphatic heterocycles. The Morgan fingerprint density at radius 3 is 2.48 bits per heavy atom. The lowest BCUT2D eigenvalue weighted by atomic mass is 9.76. The molecule has 0 radical (unpaired) electrons. The van der Waals surface area contributed by atoms with Gasteiger partial charge in [0.15, 0.2) is 0 Å². The van der Waals surface area contributed by atoms with Gasteiger partial charge in [-0.1, -0.05) is 32.1 Å². The summed E-state index contributed by atoms with van der Waals surface area (Å²) in [7, 11) is 0. The molecule has 5 rings (SSSR count). The fourth-order valence-corrected chi connectivity index (χ4v) is 7.44. The topological polar surface area (TPSA) is 123 Å². The van der Waals surface area contributed by atoms with Gasteiger partial charge in [0.1, 0.15) is 25.0 Å². The molecule has 1 saturated heterocycles. The zero-order valence-corrected chi connectivity index (χ0v) is 22.8. The predicted molar refractivity (Wildman–Crippen MR) is 147 cm³/mol. The largest absolute Gasteiger partial charge is 0.465 e. The van der Waals surface area contributed by atoms with Gasteiger partial charge >= 0.3 is 6.09 Å². The molecule has 3 atom stereocenters. The maximum atomic E-state index is 14.2. The molecule has 2 heterocycles. The van der Waals surface area contributed by atoms with Crippen LogP contribution >= 0.6 is 0 Å². The summed E-state index contributed by atoms with van der Waals surface area (Å²) in [5.74, 6) is -0.355. The lowest BCUT2D eigenvalue weighted by Gasteiger charge is -2.38. The number of aliphatic hydroxyl groups is 1. The average molecular weight is 558 g/mol. The molecular weight excluding hydrogens is 517 g/mol. The minimum atomic E-state index is -1.24. The highest BCUT2D eigenvalue weighted by Gasteiger charge is 2.48. The van der Waals surface area contributed by atoms with Crippen LogP contribution in [0.4, 0.5) is 14.9 Å². The second kappa shape index (κ2) is 12.6. The number of fused-ring (bicyclic) bond motifs is 1. The number of carboxylic acid groups (broad SMARTS) is 1. The van der Waals surface area contributed by atoms with Crippen LogP contribution in [-0.2, 0) is 9.59 Å². The molecule has 3 N–H and O–H groups in total. The monoisotopic (exact) mass is 557 g/mol. The number of hydrogen-bond donors (Lipinski definition) is 3. The van der Waals surface area contributed by atoms with E-state index in [2.05, 4.69) is 5.32 Å². The number of hydrogen-bond acceptors (Lipinski definition) is 5. The number of carbonyl (C=O) groups excluding carboxylic acids is 2. The third-order valence-corrected chi connectivity index (χ3v) is 9.56. The number of furan rings is 1. The van der Waals surface area contributed by atoms with E-state index in [-0.39, 0.29) is 29.6 Å². The van der Waals surface area contributed by atoms with Crippen LogP contribution in [0.2, 0.25) is 0 Å². The number of halogens is 1. The molecule has 10 heteroatoms. The summed E-state index contributed by atoms with van der Waals surface area (Å²) in [6.45, 7) is -0.766. The van der Waals surface area contributed by atoms with Crippen molar-refractivity contribution in [3.63, 3.8) is 0 Å². The van der Waals surface area contributed by atoms with E-state index in [1.807, 2.05) is 12.1 Å². The average Bonchev–Trinajstić information content (AvgIpc) is 3.64. The van der Waals surface area contributed by atoms with E-state index in [1.54, 1.807) is 23.3 Å². The summed E-state index contributed by atoms with van der Waals surface area (Å²) < 4.78 is 18.9. The van der Waals surface area contributed by atoms with Crippen LogP contribution in [0.1, 0.15) is 64.2 Å². The van der Waals surface area contributed by atoms with Crippen molar-refractivity contribution in [3.05, 3.63) is 30.5 Å². The van der Waals surface area contributed by atoms with E-state index in [1.165, 1.54) is 11.3 Å². The van der Waals surface area contributed by atoms with Crippen molar-refractivity contribution < 1.29 is 33.4 Å². The van der Waals surface area contributed by atoms with Gasteiger partial charge in [0.2, 0.25) is 5.91 Å². The minimum absolute atomic E-state index is 0.0375. The quantitative estimate of drug-likeness (QED) is 0.396. The molecule has 9 nitrogen and oxygen atoms in total. The Hall–Kier alpha value is -3.14. The highest BCUT2D eigenvalue weighted by molar-refractivity contribution is 6.01. The van der Waals surface area contributed by atoms with Gasteiger partial charge in [-0.2, -0.15) is 0 Å². The number of likely N-dealkylation sites (tertiary alicyclic amines) is 1. The van der Waals surface area contributed by atoms with E-state index in [0.717, 1.165) is 37.5 Å². The van der Waals surface area contributed by atoms with Crippen molar-refractivity contribution in [1.29, 1.82) is 0 Å². The maximum absolute atomic E-state index is 14.2. The molecular formula is C30H40FN3O6. The first kappa shape index (κ1) is 28.4. The minimum Gasteiger partial charge on any atom is -0.465 e. The molecule has 2 aliphatic carbocycles. The van der Waals surface area contributed by atoms with Gasteiger partial charge in [-0.25, -0.2) is 9.18 Å². The molecule has 1 aromatic heterocycles. The molecule has 3 amide bonds. The fraction of sp³-hybridized carbons (Fsp3) is 0.633. The first-order chi connectivity index (χ1) is 19.4. The molecule has 1 aromatic carbocycles. The van der Waals surface area contributed by atoms with Gasteiger partial charge in [-0.05, 0) is 74.1 Å². The van der Waals surface area contributed by atoms with Gasteiger partial charge in [0.05, 0.1) is 12.3 Å². The molecule has 0 bridgehead atoms. The Balaban J connectivity index is 1.35. The Morgan fingerprint density at radius 2 is 1.80 bits per heavy atom. The third-order valence-electron chi connectivity index (χ3n) is 9.56. The number of amides is 3. The van der Waals surface area contributed by atoms with Crippen LogP contribution in [0.5, 0.6) is 0 Å². The van der Waals surface area contributed by atoms with E-state index in [4.69, 9.17) is 9.52 Å². The summed E-state index contributed by atoms with van der Waals surface area (Å²) in [4.78, 5) is 42.4. The second-order valence-electron chi connectivity index (χ2n) is 11.7. The normalized spacial score (nSPS) is 26.5. The van der Waals surface area contributed by atoms with Gasteiger partial charge in [-0.3, -0.25) is 14.5 Å². The zero-order valence-electron chi connectivity index (χ0n) is 22.8. The second-order valence-corrected chi connectivity index (χ2v) is 11.7. The Kier molecular flexibility index (Phi) is 8.93. The number of carbonyl (C=O) groups is 3. The Bertz CT molecular complexity index is 1190. The summed E-state index contributed by atoms with van der Waals surface area (Å²) in [5.41, 5.74) is 1.25. The SMILES string of the molecule is O=C(O)NC(CF)C1CCC(C(=O)N2CC[C@@H](C3CCCCC3)[C@H]2C(=O)N(CO)c2ccc3occc3c2)CC1. The van der Waals surface area contributed by atoms with Crippen LogP contribution in [0.25, 0.3) is 11.0 Å². The van der Waals surface area contributed by atoms with Crippen LogP contribution in [0.15, 0.2) is 34.9 Å². The summed E-state index contributed by atoms with van der Waals surface area (Å²) in [6.07, 6.45) is 8.81. The Labute approximate surface area is 233 Å². The van der Waals surface area contributed by atoms with E-state index in [0.29, 0.717) is 49.4 Å². The molecule has 3 aliphatic rings. The van der Waals surface area contributed by atoms with Crippen molar-refractivity contribution in [2.75, 3.05) is 24.9 Å². The van der Waals surface area contributed by atoms with Gasteiger partial charge in [0.25, 0.3) is 5.91 Å². The zero-order chi connectivity index (χ0) is 28.2. The van der Waals surface area contributed by atoms with Gasteiger partial charge < -0.3 is 24.8 Å². The molecule has 218 valence electrons. The lowest BCUT2D eigenvalue weighted by molar-refractivity contribution is -0.143. The van der Waals surface area contributed by atoms with E-state index >= 15 is 0 Å². The van der Waals surface area contributed by atoms with Crippen molar-refractivity contribution in [3.8, 4) is 0 Å². The maximum Gasteiger partial charge on any atom is 0.404 e. The van der Waals surface area contributed by atoms with Gasteiger partial charge in [0, 0.05) is 23.5 Å². The number of benzene rings is 1. The number of anilines is 1. The molecule has 2 aromatic rings. The smallest absolute Gasteiger partial charge is 0.404 e. The van der Waals surface area contributed by atoms with Crippen LogP contribution < -0.4 is 10.2 Å². The number of nitrogens with zero attached hydrogens (tertiary/aromatic N) is 2. The number of rotatable bonds is 8. The van der Waals surface area contributed by atoms with Crippen molar-refractivity contribution in [2.24, 2.45) is 23.7 Å². The number of alkyl halides is 1. The number of aliphatic hydroxyl groups excluding tert-OH is 1. The summed E-state index contributed by atoms with van der Waals surface area (Å²) >= 11 is 0. The first-order valence-electron chi connectivity index (χ1n) is 14.7. The molecule has 3 fully saturated rings. The van der Waals surface area contributed by atoms with Crippen LogP contribution in [0, 0.1) is 23.7 Å². The molecule has 0 spiro atoms. The van der Waals surface area contributed by atoms with E-state index < -0.39 is 31.6 Å². The fourth-order valence-electron chi connectivity index (χ4n) is 7.44. The lowest BCUT2D eigenvalue weighted by Crippen LogP contribution is -2.53. The Morgan fingerprint density at radius 1 is 1.05 bits per heavy atom. The first-order valence-corrected chi connectivity index (χ1v) is 14.7. The number of nitrogens with one attached hydrogen (secondary N) is 1. The highest BCUT2D eigenvalue weighted by Crippen LogP contribution is 2.42. The van der Waals surface area contributed by atoms with E-state index in [9.17, 15) is 23.9 Å². The predicted octanol–water partition coefficient (Wildman–Crippen LogP) is 4.93. The molecule has 1 unspecified atom stereocenters. The highest BCUT2D eigenvalue weighted by atomic mass is 19.1. The van der Waals surface area contributed by atoms with Crippen molar-refractivity contribution >= 4 is 34.6 Å². The van der Waals surface area contributed by atoms with Crippen molar-refractivity contribution in [1.82, 2.24) is 10.2 Å². The third kappa shape index (κ3) is 5.82. The van der Waals surface area contributed by atoms with Crippen molar-refractivity contribution in [2.45, 2.75) is 76.3 Å². The van der Waals surface area contributed by atoms with Crippen LogP contribution in [-0.4, -0.2) is 65.1 Å². The summed E-state index contributed by atoms with van der Waals surface area (Å²) in [5, 5.41) is 22.5. The summed E-state index contributed by atoms with van der Waals surface area (Å²) in [6, 6.07) is 5.75. The molecule has 2 saturated carbocycles. The van der Waals surface area contributed by atoms with Gasteiger partial charge in [-0.15, -0.1) is 0 Å². The standard InChI is InChI=1S/C30H40FN3O6/c31-17-25(32-30(38)39)20-6-8-21(9-7-20)28(36)33-14-12-24(19-4-2-1-3-5-19)27(33)29(37)34(18-35)23-10-11-26-22(16-23)13-15-40-26/h10-11,13,15-16,19-21,24-25,27,32,35H,1-9,12,14,17-18H2,(H,38,39)/t20?,21?,24-,25?,27-/m0/s1. The molecule has 40 heavy (non-hydrogen) atoms. The van der Waals surface area contributed by atoms with Crippen LogP contribution in [0.3, 0.4) is 0 Å².